The number of aliphatic carboxylic acids is 1. The average Bonchev–Trinajstić information content (AvgIpc) is 3.07. The van der Waals surface area contributed by atoms with E-state index >= 15 is 0 Å². The van der Waals surface area contributed by atoms with Crippen molar-refractivity contribution in [3.8, 4) is 5.75 Å². The summed E-state index contributed by atoms with van der Waals surface area (Å²) < 4.78 is 9.54. The van der Waals surface area contributed by atoms with Gasteiger partial charge in [-0.25, -0.2) is 9.59 Å². The average molecular weight is 493 g/mol. The van der Waals surface area contributed by atoms with E-state index in [1.54, 1.807) is 0 Å². The number of carbonyl (C=O) groups is 1. The molecule has 0 amide bonds. The maximum atomic E-state index is 13.4. The first-order valence-electron chi connectivity index (χ1n) is 13.0. The number of carboxylic acids is 1. The Kier molecular flexibility index (Phi) is 8.83. The molecule has 0 aliphatic rings. The molecule has 0 spiro atoms. The van der Waals surface area contributed by atoms with Gasteiger partial charge in [0.25, 0.3) is 0 Å². The van der Waals surface area contributed by atoms with Crippen LogP contribution in [0.25, 0.3) is 0 Å². The summed E-state index contributed by atoms with van der Waals surface area (Å²) in [5, 5.41) is 9.26. The van der Waals surface area contributed by atoms with Gasteiger partial charge in [0.1, 0.15) is 5.75 Å². The first-order valence-corrected chi connectivity index (χ1v) is 13.0. The molecule has 1 aromatic heterocycles. The molecule has 2 aromatic carbocycles. The topological polar surface area (TPSA) is 73.5 Å². The SMILES string of the molecule is CCCn1c(CCCc2ccc(OC(C)(C)C(=O)O)cc2)c(CC)n(Cc2ccc(C)c(C)c2)c1=O. The van der Waals surface area contributed by atoms with Crippen molar-refractivity contribution in [1.82, 2.24) is 9.13 Å². The van der Waals surface area contributed by atoms with Crippen LogP contribution in [-0.4, -0.2) is 25.8 Å². The Balaban J connectivity index is 1.76. The second-order valence-electron chi connectivity index (χ2n) is 10.1. The van der Waals surface area contributed by atoms with E-state index < -0.39 is 11.6 Å². The molecular formula is C30H40N2O4. The van der Waals surface area contributed by atoms with Gasteiger partial charge in [-0.3, -0.25) is 9.13 Å². The van der Waals surface area contributed by atoms with Crippen molar-refractivity contribution < 1.29 is 14.6 Å². The molecule has 0 atom stereocenters. The monoisotopic (exact) mass is 492 g/mol. The van der Waals surface area contributed by atoms with Gasteiger partial charge in [0.15, 0.2) is 5.60 Å². The molecule has 1 heterocycles. The van der Waals surface area contributed by atoms with Crippen molar-refractivity contribution in [2.24, 2.45) is 0 Å². The summed E-state index contributed by atoms with van der Waals surface area (Å²) >= 11 is 0. The lowest BCUT2D eigenvalue weighted by Crippen LogP contribution is -2.37. The maximum absolute atomic E-state index is 13.4. The van der Waals surface area contributed by atoms with E-state index in [4.69, 9.17) is 4.74 Å². The third-order valence-corrected chi connectivity index (χ3v) is 6.83. The smallest absolute Gasteiger partial charge is 0.347 e. The number of hydrogen-bond donors (Lipinski definition) is 1. The van der Waals surface area contributed by atoms with Crippen molar-refractivity contribution in [3.05, 3.63) is 86.6 Å². The predicted molar refractivity (Wildman–Crippen MR) is 144 cm³/mol. The normalized spacial score (nSPS) is 11.6. The van der Waals surface area contributed by atoms with Crippen LogP contribution in [0.1, 0.15) is 74.2 Å². The van der Waals surface area contributed by atoms with Crippen molar-refractivity contribution in [2.75, 3.05) is 0 Å². The van der Waals surface area contributed by atoms with Crippen LogP contribution in [0.15, 0.2) is 47.3 Å². The van der Waals surface area contributed by atoms with Gasteiger partial charge in [-0.1, -0.05) is 44.2 Å². The largest absolute Gasteiger partial charge is 0.478 e. The lowest BCUT2D eigenvalue weighted by molar-refractivity contribution is -0.152. The molecule has 0 radical (unpaired) electrons. The van der Waals surface area contributed by atoms with Crippen molar-refractivity contribution in [3.63, 3.8) is 0 Å². The van der Waals surface area contributed by atoms with E-state index in [2.05, 4.69) is 45.9 Å². The minimum absolute atomic E-state index is 0.0875. The Bertz CT molecular complexity index is 1250. The van der Waals surface area contributed by atoms with Crippen molar-refractivity contribution >= 4 is 5.97 Å². The molecule has 194 valence electrons. The van der Waals surface area contributed by atoms with Gasteiger partial charge >= 0.3 is 11.7 Å². The molecule has 3 rings (SSSR count). The van der Waals surface area contributed by atoms with Gasteiger partial charge in [-0.2, -0.15) is 0 Å². The molecule has 0 unspecified atom stereocenters. The quantitative estimate of drug-likeness (QED) is 0.352. The van der Waals surface area contributed by atoms with Gasteiger partial charge in [-0.05, 0) is 94.2 Å². The highest BCUT2D eigenvalue weighted by Gasteiger charge is 2.29. The van der Waals surface area contributed by atoms with E-state index in [9.17, 15) is 14.7 Å². The van der Waals surface area contributed by atoms with Gasteiger partial charge in [0.05, 0.1) is 6.54 Å². The van der Waals surface area contributed by atoms with Crippen molar-refractivity contribution in [2.45, 2.75) is 92.3 Å². The Morgan fingerprint density at radius 2 is 1.58 bits per heavy atom. The van der Waals surface area contributed by atoms with Crippen LogP contribution in [0.4, 0.5) is 0 Å². The first-order chi connectivity index (χ1) is 17.1. The summed E-state index contributed by atoms with van der Waals surface area (Å²) in [6.45, 7) is 12.9. The second-order valence-corrected chi connectivity index (χ2v) is 10.1. The second kappa shape index (κ2) is 11.6. The standard InChI is InChI=1S/C30H40N2O4/c1-7-18-31-27(11-9-10-23-14-16-25(17-15-23)36-30(5,6)28(33)34)26(8-2)32(29(31)35)20-24-13-12-21(3)22(4)19-24/h12-17,19H,7-11,18,20H2,1-6H3,(H,33,34). The van der Waals surface area contributed by atoms with Gasteiger partial charge in [0.2, 0.25) is 0 Å². The van der Waals surface area contributed by atoms with Crippen LogP contribution < -0.4 is 10.4 Å². The van der Waals surface area contributed by atoms with Gasteiger partial charge < -0.3 is 9.84 Å². The number of aromatic nitrogens is 2. The summed E-state index contributed by atoms with van der Waals surface area (Å²) in [6, 6.07) is 14.0. The van der Waals surface area contributed by atoms with Crippen LogP contribution in [0, 0.1) is 13.8 Å². The fourth-order valence-electron chi connectivity index (χ4n) is 4.59. The molecule has 0 bridgehead atoms. The first kappa shape index (κ1) is 27.3. The minimum atomic E-state index is -1.27. The Morgan fingerprint density at radius 3 is 2.17 bits per heavy atom. The van der Waals surface area contributed by atoms with E-state index in [0.29, 0.717) is 12.3 Å². The number of hydrogen-bond acceptors (Lipinski definition) is 3. The molecule has 6 heteroatoms. The summed E-state index contributed by atoms with van der Waals surface area (Å²) in [5.41, 5.74) is 5.92. The van der Waals surface area contributed by atoms with Crippen LogP contribution in [0.3, 0.4) is 0 Å². The molecule has 0 saturated heterocycles. The summed E-state index contributed by atoms with van der Waals surface area (Å²) in [6.07, 6.45) is 4.36. The molecule has 0 aliphatic carbocycles. The Morgan fingerprint density at radius 1 is 0.917 bits per heavy atom. The zero-order valence-corrected chi connectivity index (χ0v) is 22.6. The number of benzene rings is 2. The molecule has 0 fully saturated rings. The molecular weight excluding hydrogens is 452 g/mol. The maximum Gasteiger partial charge on any atom is 0.347 e. The van der Waals surface area contributed by atoms with E-state index in [1.807, 2.05) is 33.4 Å². The van der Waals surface area contributed by atoms with Crippen LogP contribution in [-0.2, 0) is 37.1 Å². The summed E-state index contributed by atoms with van der Waals surface area (Å²) in [7, 11) is 0. The minimum Gasteiger partial charge on any atom is -0.478 e. The molecule has 0 saturated carbocycles. The number of aryl methyl sites for hydroxylation is 3. The zero-order valence-electron chi connectivity index (χ0n) is 22.6. The number of ether oxygens (including phenoxy) is 1. The van der Waals surface area contributed by atoms with Gasteiger partial charge in [-0.15, -0.1) is 0 Å². The lowest BCUT2D eigenvalue weighted by atomic mass is 10.0. The number of nitrogens with zero attached hydrogens (tertiary/aromatic N) is 2. The van der Waals surface area contributed by atoms with Gasteiger partial charge in [0, 0.05) is 17.9 Å². The number of rotatable bonds is 12. The predicted octanol–water partition coefficient (Wildman–Crippen LogP) is 5.70. The number of carboxylic acid groups (broad SMARTS) is 1. The third-order valence-electron chi connectivity index (χ3n) is 6.83. The molecule has 1 N–H and O–H groups in total. The molecule has 0 aliphatic heterocycles. The highest BCUT2D eigenvalue weighted by atomic mass is 16.5. The molecule has 3 aromatic rings. The fourth-order valence-corrected chi connectivity index (χ4v) is 4.59. The summed E-state index contributed by atoms with van der Waals surface area (Å²) in [4.78, 5) is 24.7. The Labute approximate surface area is 214 Å². The lowest BCUT2D eigenvalue weighted by Gasteiger charge is -2.21. The summed E-state index contributed by atoms with van der Waals surface area (Å²) in [5.74, 6) is -0.458. The van der Waals surface area contributed by atoms with Crippen LogP contribution >= 0.6 is 0 Å². The van der Waals surface area contributed by atoms with E-state index in [1.165, 1.54) is 25.0 Å². The van der Waals surface area contributed by atoms with Crippen molar-refractivity contribution in [1.29, 1.82) is 0 Å². The number of imidazole rings is 1. The highest BCUT2D eigenvalue weighted by Crippen LogP contribution is 2.21. The third kappa shape index (κ3) is 6.28. The van der Waals surface area contributed by atoms with E-state index in [0.717, 1.165) is 61.2 Å². The fraction of sp³-hybridized carbons (Fsp3) is 0.467. The Hall–Kier alpha value is -3.28. The van der Waals surface area contributed by atoms with E-state index in [-0.39, 0.29) is 5.69 Å². The molecule has 6 nitrogen and oxygen atoms in total. The zero-order chi connectivity index (χ0) is 26.5. The molecule has 36 heavy (non-hydrogen) atoms. The highest BCUT2D eigenvalue weighted by molar-refractivity contribution is 5.76. The van der Waals surface area contributed by atoms with Crippen LogP contribution in [0.5, 0.6) is 5.75 Å². The van der Waals surface area contributed by atoms with Crippen LogP contribution in [0.2, 0.25) is 0 Å².